The fourth-order valence-corrected chi connectivity index (χ4v) is 3.09. The monoisotopic (exact) mass is 350 g/mol. The molecule has 0 aliphatic heterocycles. The van der Waals surface area contributed by atoms with Crippen LogP contribution in [0.3, 0.4) is 0 Å². The number of aromatic amines is 1. The Hall–Kier alpha value is -3.48. The molecule has 3 aromatic rings. The second kappa shape index (κ2) is 6.11. The quantitative estimate of drug-likeness (QED) is 0.689. The summed E-state index contributed by atoms with van der Waals surface area (Å²) in [5, 5.41) is 3.27. The Kier molecular flexibility index (Phi) is 3.76. The third kappa shape index (κ3) is 2.83. The summed E-state index contributed by atoms with van der Waals surface area (Å²) < 4.78 is 5.04. The van der Waals surface area contributed by atoms with Crippen LogP contribution in [0.25, 0.3) is 11.0 Å². The highest BCUT2D eigenvalue weighted by atomic mass is 16.4. The van der Waals surface area contributed by atoms with Gasteiger partial charge in [-0.2, -0.15) is 0 Å². The van der Waals surface area contributed by atoms with Crippen molar-refractivity contribution in [1.29, 1.82) is 0 Å². The van der Waals surface area contributed by atoms with Gasteiger partial charge in [0.25, 0.3) is 11.5 Å². The van der Waals surface area contributed by atoms with Gasteiger partial charge in [-0.15, -0.1) is 0 Å². The van der Waals surface area contributed by atoms with Crippen LogP contribution in [-0.4, -0.2) is 16.7 Å². The molecule has 0 unspecified atom stereocenters. The molecule has 2 aromatic heterocycles. The number of amides is 1. The first kappa shape index (κ1) is 16.0. The summed E-state index contributed by atoms with van der Waals surface area (Å²) in [5.41, 5.74) is 0.735. The number of anilines is 1. The molecule has 130 valence electrons. The van der Waals surface area contributed by atoms with Gasteiger partial charge in [0.2, 0.25) is 0 Å². The number of aromatic nitrogens is 1. The van der Waals surface area contributed by atoms with Gasteiger partial charge in [-0.05, 0) is 43.2 Å². The van der Waals surface area contributed by atoms with E-state index in [1.165, 1.54) is 12.1 Å². The lowest BCUT2D eigenvalue weighted by molar-refractivity contribution is 0.0971. The molecule has 0 spiro atoms. The minimum absolute atomic E-state index is 0.0720. The molecule has 1 amide bonds. The Bertz CT molecular complexity index is 1170. The van der Waals surface area contributed by atoms with Crippen LogP contribution in [0.15, 0.2) is 50.4 Å². The van der Waals surface area contributed by atoms with E-state index in [1.54, 1.807) is 24.3 Å². The van der Waals surface area contributed by atoms with Gasteiger partial charge in [0.15, 0.2) is 5.78 Å². The highest BCUT2D eigenvalue weighted by Gasteiger charge is 2.22. The van der Waals surface area contributed by atoms with Crippen molar-refractivity contribution in [3.05, 3.63) is 74.0 Å². The van der Waals surface area contributed by atoms with Crippen LogP contribution in [-0.2, 0) is 6.42 Å². The summed E-state index contributed by atoms with van der Waals surface area (Å²) >= 11 is 0. The van der Waals surface area contributed by atoms with Gasteiger partial charge >= 0.3 is 5.63 Å². The molecular weight excluding hydrogens is 336 g/mol. The van der Waals surface area contributed by atoms with Crippen LogP contribution in [0.4, 0.5) is 5.69 Å². The molecule has 4 rings (SSSR count). The molecule has 26 heavy (non-hydrogen) atoms. The maximum absolute atomic E-state index is 12.5. The number of hydrogen-bond acceptors (Lipinski definition) is 5. The highest BCUT2D eigenvalue weighted by Crippen LogP contribution is 2.20. The topological polar surface area (TPSA) is 109 Å². The second-order valence-electron chi connectivity index (χ2n) is 6.14. The largest absolute Gasteiger partial charge is 0.423 e. The number of fused-ring (bicyclic) bond motifs is 2. The minimum Gasteiger partial charge on any atom is -0.423 e. The van der Waals surface area contributed by atoms with E-state index in [0.29, 0.717) is 47.2 Å². The third-order valence-electron chi connectivity index (χ3n) is 4.38. The molecule has 1 aliphatic rings. The van der Waals surface area contributed by atoms with Crippen LogP contribution in [0.2, 0.25) is 0 Å². The minimum atomic E-state index is -0.607. The van der Waals surface area contributed by atoms with E-state index in [2.05, 4.69) is 10.3 Å². The number of hydrogen-bond donors (Lipinski definition) is 2. The van der Waals surface area contributed by atoms with Gasteiger partial charge in [-0.3, -0.25) is 14.4 Å². The molecule has 7 nitrogen and oxygen atoms in total. The highest BCUT2D eigenvalue weighted by molar-refractivity contribution is 6.07. The molecular formula is C19H14N2O5. The normalized spacial score (nSPS) is 13.5. The predicted octanol–water partition coefficient (Wildman–Crippen LogP) is 2.25. The molecule has 0 bridgehead atoms. The van der Waals surface area contributed by atoms with E-state index in [1.807, 2.05) is 0 Å². The molecule has 0 radical (unpaired) electrons. The maximum atomic E-state index is 12.5. The van der Waals surface area contributed by atoms with Crippen LogP contribution in [0.5, 0.6) is 0 Å². The number of carbonyl (C=O) groups is 2. The van der Waals surface area contributed by atoms with Crippen molar-refractivity contribution < 1.29 is 14.0 Å². The Morgan fingerprint density at radius 1 is 1.04 bits per heavy atom. The van der Waals surface area contributed by atoms with Crippen LogP contribution >= 0.6 is 0 Å². The van der Waals surface area contributed by atoms with E-state index < -0.39 is 17.1 Å². The maximum Gasteiger partial charge on any atom is 0.336 e. The van der Waals surface area contributed by atoms with Crippen molar-refractivity contribution in [2.24, 2.45) is 0 Å². The summed E-state index contributed by atoms with van der Waals surface area (Å²) in [5.74, 6) is -0.679. The fourth-order valence-electron chi connectivity index (χ4n) is 3.09. The van der Waals surface area contributed by atoms with E-state index in [4.69, 9.17) is 4.42 Å². The lowest BCUT2D eigenvalue weighted by atomic mass is 9.93. The number of pyridine rings is 1. The third-order valence-corrected chi connectivity index (χ3v) is 4.38. The van der Waals surface area contributed by atoms with Crippen molar-refractivity contribution >= 4 is 28.3 Å². The molecule has 2 N–H and O–H groups in total. The Morgan fingerprint density at radius 2 is 1.88 bits per heavy atom. The van der Waals surface area contributed by atoms with Gasteiger partial charge in [-0.25, -0.2) is 4.79 Å². The number of nitrogens with one attached hydrogen (secondary N) is 2. The Balaban J connectivity index is 1.67. The number of Topliss-reactive ketones (excluding diaryl/α,β-unsaturated/α-hetero) is 1. The van der Waals surface area contributed by atoms with Crippen molar-refractivity contribution in [3.8, 4) is 0 Å². The molecule has 0 fully saturated rings. The molecule has 1 aliphatic carbocycles. The standard InChI is InChI=1S/C19H14N2O5/c22-15-3-1-2-14-12(15)9-13(19(25)21-14)18(24)20-11-5-6-16-10(8-11)4-7-17(23)26-16/h4-9H,1-3H2,(H,20,24)(H,21,25). The number of H-pyrrole nitrogens is 1. The smallest absolute Gasteiger partial charge is 0.336 e. The Labute approximate surface area is 146 Å². The summed E-state index contributed by atoms with van der Waals surface area (Å²) in [6.07, 6.45) is 1.73. The zero-order valence-corrected chi connectivity index (χ0v) is 13.6. The molecule has 7 heteroatoms. The van der Waals surface area contributed by atoms with Gasteiger partial charge in [0, 0.05) is 34.8 Å². The zero-order valence-electron chi connectivity index (χ0n) is 13.6. The molecule has 0 saturated heterocycles. The second-order valence-corrected chi connectivity index (χ2v) is 6.14. The number of rotatable bonds is 2. The average Bonchev–Trinajstić information content (AvgIpc) is 2.61. The van der Waals surface area contributed by atoms with E-state index >= 15 is 0 Å². The molecule has 1 aromatic carbocycles. The van der Waals surface area contributed by atoms with Crippen LogP contribution in [0, 0.1) is 0 Å². The zero-order chi connectivity index (χ0) is 18.3. The number of ketones is 1. The van der Waals surface area contributed by atoms with Crippen molar-refractivity contribution in [1.82, 2.24) is 4.98 Å². The van der Waals surface area contributed by atoms with Crippen LogP contribution < -0.4 is 16.5 Å². The summed E-state index contributed by atoms with van der Waals surface area (Å²) in [6, 6.07) is 9.00. The summed E-state index contributed by atoms with van der Waals surface area (Å²) in [4.78, 5) is 50.6. The molecule has 0 saturated carbocycles. The fraction of sp³-hybridized carbons (Fsp3) is 0.158. The van der Waals surface area contributed by atoms with Gasteiger partial charge < -0.3 is 14.7 Å². The number of carbonyl (C=O) groups excluding carboxylic acids is 2. The van der Waals surface area contributed by atoms with Gasteiger partial charge in [0.1, 0.15) is 11.1 Å². The summed E-state index contributed by atoms with van der Waals surface area (Å²) in [6.45, 7) is 0. The lowest BCUT2D eigenvalue weighted by Gasteiger charge is -2.15. The van der Waals surface area contributed by atoms with Crippen LogP contribution in [0.1, 0.15) is 39.3 Å². The van der Waals surface area contributed by atoms with Gasteiger partial charge in [-0.1, -0.05) is 0 Å². The average molecular weight is 350 g/mol. The van der Waals surface area contributed by atoms with Gasteiger partial charge in [0.05, 0.1) is 0 Å². The van der Waals surface area contributed by atoms with E-state index in [9.17, 15) is 19.2 Å². The van der Waals surface area contributed by atoms with E-state index in [-0.39, 0.29) is 11.3 Å². The number of aryl methyl sites for hydroxylation is 1. The lowest BCUT2D eigenvalue weighted by Crippen LogP contribution is -2.27. The van der Waals surface area contributed by atoms with E-state index in [0.717, 1.165) is 0 Å². The van der Waals surface area contributed by atoms with Crippen molar-refractivity contribution in [2.75, 3.05) is 5.32 Å². The first-order chi connectivity index (χ1) is 12.5. The Morgan fingerprint density at radius 3 is 2.73 bits per heavy atom. The van der Waals surface area contributed by atoms with Crippen molar-refractivity contribution in [2.45, 2.75) is 19.3 Å². The molecule has 2 heterocycles. The molecule has 0 atom stereocenters. The SMILES string of the molecule is O=C1CCCc2[nH]c(=O)c(C(=O)Nc3ccc4oc(=O)ccc4c3)cc21. The predicted molar refractivity (Wildman–Crippen MR) is 94.8 cm³/mol. The first-order valence-electron chi connectivity index (χ1n) is 8.16. The first-order valence-corrected chi connectivity index (χ1v) is 8.16. The van der Waals surface area contributed by atoms with Crippen molar-refractivity contribution in [3.63, 3.8) is 0 Å². The summed E-state index contributed by atoms with van der Waals surface area (Å²) in [7, 11) is 0. The number of benzene rings is 1.